The van der Waals surface area contributed by atoms with Crippen molar-refractivity contribution in [2.45, 2.75) is 0 Å². The maximum atomic E-state index is 3.59. The summed E-state index contributed by atoms with van der Waals surface area (Å²) in [5.41, 5.74) is 10.9. The van der Waals surface area contributed by atoms with E-state index in [9.17, 15) is 0 Å². The molecule has 0 unspecified atom stereocenters. The molecule has 0 amide bonds. The van der Waals surface area contributed by atoms with Crippen LogP contribution < -0.4 is 0 Å². The number of para-hydroxylation sites is 3. The topological polar surface area (TPSA) is 20.7 Å². The fraction of sp³-hybridized carbons (Fsp3) is 0. The summed E-state index contributed by atoms with van der Waals surface area (Å²) in [7, 11) is 0. The molecule has 0 radical (unpaired) electrons. The SMILES string of the molecule is c1ccc(-n2c3ccccc3c3c4ccccc4c(-c4ccc(-c5ccc6c(c5)[nH]c5ccccc56)cc4)cc32)cc1. The van der Waals surface area contributed by atoms with Gasteiger partial charge in [0.1, 0.15) is 0 Å². The van der Waals surface area contributed by atoms with Crippen LogP contribution in [0.3, 0.4) is 0 Å². The molecular formula is C40H26N2. The molecule has 2 nitrogen and oxygen atoms in total. The lowest BCUT2D eigenvalue weighted by molar-refractivity contribution is 1.18. The predicted molar refractivity (Wildman–Crippen MR) is 179 cm³/mol. The maximum Gasteiger partial charge on any atom is 0.0553 e. The predicted octanol–water partition coefficient (Wildman–Crippen LogP) is 10.9. The van der Waals surface area contributed by atoms with Crippen LogP contribution in [0.2, 0.25) is 0 Å². The Hall–Kier alpha value is -5.60. The van der Waals surface area contributed by atoms with Crippen LogP contribution in [0.4, 0.5) is 0 Å². The van der Waals surface area contributed by atoms with Crippen LogP contribution in [0.5, 0.6) is 0 Å². The van der Waals surface area contributed by atoms with Crippen molar-refractivity contribution >= 4 is 54.4 Å². The lowest BCUT2D eigenvalue weighted by Gasteiger charge is -2.13. The Morgan fingerprint density at radius 2 is 1.00 bits per heavy atom. The molecule has 42 heavy (non-hydrogen) atoms. The molecule has 2 aromatic heterocycles. The van der Waals surface area contributed by atoms with Gasteiger partial charge in [0.15, 0.2) is 0 Å². The monoisotopic (exact) mass is 534 g/mol. The summed E-state index contributed by atoms with van der Waals surface area (Å²) in [5, 5.41) is 7.67. The Balaban J connectivity index is 1.24. The highest BCUT2D eigenvalue weighted by Crippen LogP contribution is 2.41. The van der Waals surface area contributed by atoms with Crippen molar-refractivity contribution in [2.24, 2.45) is 0 Å². The van der Waals surface area contributed by atoms with Crippen LogP contribution in [-0.4, -0.2) is 9.55 Å². The van der Waals surface area contributed by atoms with Crippen molar-refractivity contribution in [3.05, 3.63) is 152 Å². The number of aromatic amines is 1. The third-order valence-corrected chi connectivity index (χ3v) is 8.73. The molecule has 2 heterocycles. The van der Waals surface area contributed by atoms with Crippen molar-refractivity contribution in [1.82, 2.24) is 9.55 Å². The molecular weight excluding hydrogens is 508 g/mol. The number of nitrogens with zero attached hydrogens (tertiary/aromatic N) is 1. The average molecular weight is 535 g/mol. The van der Waals surface area contributed by atoms with Crippen molar-refractivity contribution in [3.8, 4) is 27.9 Å². The largest absolute Gasteiger partial charge is 0.354 e. The number of hydrogen-bond acceptors (Lipinski definition) is 0. The van der Waals surface area contributed by atoms with Crippen LogP contribution in [0.1, 0.15) is 0 Å². The minimum atomic E-state index is 1.17. The van der Waals surface area contributed by atoms with Gasteiger partial charge in [-0.1, -0.05) is 115 Å². The molecule has 0 saturated heterocycles. The Morgan fingerprint density at radius 1 is 0.381 bits per heavy atom. The molecule has 1 N–H and O–H groups in total. The molecule has 9 rings (SSSR count). The zero-order chi connectivity index (χ0) is 27.6. The molecule has 2 heteroatoms. The van der Waals surface area contributed by atoms with E-state index in [1.807, 2.05) is 0 Å². The Labute approximate surface area is 243 Å². The molecule has 7 aromatic carbocycles. The summed E-state index contributed by atoms with van der Waals surface area (Å²) in [4.78, 5) is 3.59. The molecule has 0 aliphatic carbocycles. The Bertz CT molecular complexity index is 2440. The summed E-state index contributed by atoms with van der Waals surface area (Å²) in [6.07, 6.45) is 0. The Morgan fingerprint density at radius 3 is 1.83 bits per heavy atom. The fourth-order valence-electron chi connectivity index (χ4n) is 6.80. The van der Waals surface area contributed by atoms with Crippen molar-refractivity contribution in [1.29, 1.82) is 0 Å². The van der Waals surface area contributed by atoms with Gasteiger partial charge >= 0.3 is 0 Å². The number of benzene rings is 7. The summed E-state index contributed by atoms with van der Waals surface area (Å²) in [6.45, 7) is 0. The molecule has 0 aliphatic rings. The average Bonchev–Trinajstić information content (AvgIpc) is 3.60. The van der Waals surface area contributed by atoms with Crippen molar-refractivity contribution in [3.63, 3.8) is 0 Å². The van der Waals surface area contributed by atoms with Gasteiger partial charge in [0.25, 0.3) is 0 Å². The second-order valence-electron chi connectivity index (χ2n) is 11.1. The number of hydrogen-bond donors (Lipinski definition) is 1. The molecule has 0 atom stereocenters. The molecule has 0 bridgehead atoms. The normalized spacial score (nSPS) is 11.8. The summed E-state index contributed by atoms with van der Waals surface area (Å²) in [6, 6.07) is 55.0. The van der Waals surface area contributed by atoms with Gasteiger partial charge in [0.2, 0.25) is 0 Å². The van der Waals surface area contributed by atoms with E-state index in [1.165, 1.54) is 82.3 Å². The summed E-state index contributed by atoms with van der Waals surface area (Å²) < 4.78 is 2.41. The van der Waals surface area contributed by atoms with Gasteiger partial charge in [-0.2, -0.15) is 0 Å². The Kier molecular flexibility index (Phi) is 4.93. The first-order valence-corrected chi connectivity index (χ1v) is 14.5. The summed E-state index contributed by atoms with van der Waals surface area (Å²) in [5.74, 6) is 0. The lowest BCUT2D eigenvalue weighted by atomic mass is 9.93. The highest BCUT2D eigenvalue weighted by Gasteiger charge is 2.17. The van der Waals surface area contributed by atoms with Crippen LogP contribution in [-0.2, 0) is 0 Å². The van der Waals surface area contributed by atoms with Gasteiger partial charge in [-0.3, -0.25) is 0 Å². The first-order valence-electron chi connectivity index (χ1n) is 14.5. The van der Waals surface area contributed by atoms with Gasteiger partial charge in [-0.15, -0.1) is 0 Å². The van der Waals surface area contributed by atoms with E-state index >= 15 is 0 Å². The zero-order valence-electron chi connectivity index (χ0n) is 22.9. The molecule has 196 valence electrons. The third-order valence-electron chi connectivity index (χ3n) is 8.73. The maximum absolute atomic E-state index is 3.59. The van der Waals surface area contributed by atoms with E-state index in [4.69, 9.17) is 0 Å². The minimum absolute atomic E-state index is 1.17. The lowest BCUT2D eigenvalue weighted by Crippen LogP contribution is -1.94. The number of nitrogens with one attached hydrogen (secondary N) is 1. The smallest absolute Gasteiger partial charge is 0.0553 e. The quantitative estimate of drug-likeness (QED) is 0.233. The van der Waals surface area contributed by atoms with Gasteiger partial charge < -0.3 is 9.55 Å². The molecule has 0 aliphatic heterocycles. The van der Waals surface area contributed by atoms with Crippen LogP contribution >= 0.6 is 0 Å². The van der Waals surface area contributed by atoms with E-state index in [1.54, 1.807) is 0 Å². The first kappa shape index (κ1) is 23.1. The first-order chi connectivity index (χ1) is 20.8. The summed E-state index contributed by atoms with van der Waals surface area (Å²) >= 11 is 0. The second kappa shape index (κ2) is 8.95. The van der Waals surface area contributed by atoms with Crippen LogP contribution in [0.25, 0.3) is 82.3 Å². The highest BCUT2D eigenvalue weighted by molar-refractivity contribution is 6.24. The highest BCUT2D eigenvalue weighted by atomic mass is 15.0. The van der Waals surface area contributed by atoms with E-state index in [-0.39, 0.29) is 0 Å². The molecule has 9 aromatic rings. The minimum Gasteiger partial charge on any atom is -0.354 e. The van der Waals surface area contributed by atoms with Crippen LogP contribution in [0.15, 0.2) is 152 Å². The molecule has 0 saturated carbocycles. The standard InChI is InChI=1S/C40H26N2/c1-2-10-29(11-3-1)42-38-17-9-7-15-34(38)40-33-14-5-4-12-30(33)35(25-39(40)42)27-20-18-26(19-21-27)28-22-23-32-31-13-6-8-16-36(31)41-37(32)24-28/h1-25,41H. The van der Waals surface area contributed by atoms with Crippen molar-refractivity contribution < 1.29 is 0 Å². The second-order valence-corrected chi connectivity index (χ2v) is 11.1. The van der Waals surface area contributed by atoms with E-state index in [0.29, 0.717) is 0 Å². The number of H-pyrrole nitrogens is 1. The fourth-order valence-corrected chi connectivity index (χ4v) is 6.80. The van der Waals surface area contributed by atoms with Gasteiger partial charge in [-0.25, -0.2) is 0 Å². The van der Waals surface area contributed by atoms with E-state index < -0.39 is 0 Å². The van der Waals surface area contributed by atoms with Gasteiger partial charge in [0.05, 0.1) is 11.0 Å². The van der Waals surface area contributed by atoms with Crippen molar-refractivity contribution in [2.75, 3.05) is 0 Å². The molecule has 0 spiro atoms. The van der Waals surface area contributed by atoms with Gasteiger partial charge in [-0.05, 0) is 69.4 Å². The van der Waals surface area contributed by atoms with E-state index in [0.717, 1.165) is 0 Å². The van der Waals surface area contributed by atoms with Crippen LogP contribution in [0, 0.1) is 0 Å². The molecule has 0 fully saturated rings. The van der Waals surface area contributed by atoms with E-state index in [2.05, 4.69) is 161 Å². The number of aromatic nitrogens is 2. The third kappa shape index (κ3) is 3.39. The van der Waals surface area contributed by atoms with Gasteiger partial charge in [0, 0.05) is 38.3 Å². The zero-order valence-corrected chi connectivity index (χ0v) is 22.9. The number of rotatable bonds is 3. The number of fused-ring (bicyclic) bond motifs is 8.